The number of halogens is 2. The first-order valence-electron chi connectivity index (χ1n) is 7.23. The first-order chi connectivity index (χ1) is 12.6. The van der Waals surface area contributed by atoms with E-state index < -0.39 is 12.6 Å². The molecule has 7 nitrogen and oxygen atoms in total. The fraction of sp³-hybridized carbons (Fsp3) is 0.188. The van der Waals surface area contributed by atoms with E-state index >= 15 is 0 Å². The van der Waals surface area contributed by atoms with Gasteiger partial charge in [0.2, 0.25) is 5.82 Å². The van der Waals surface area contributed by atoms with Crippen molar-refractivity contribution in [2.24, 2.45) is 0 Å². The number of alkyl halides is 2. The van der Waals surface area contributed by atoms with Gasteiger partial charge in [0.1, 0.15) is 4.88 Å². The van der Waals surface area contributed by atoms with Gasteiger partial charge < -0.3 is 18.7 Å². The largest absolute Gasteiger partial charge is 0.493 e. The van der Waals surface area contributed by atoms with Crippen LogP contribution in [-0.2, 0) is 11.3 Å². The molecule has 0 spiro atoms. The molecule has 0 bridgehead atoms. The second-order valence-corrected chi connectivity index (χ2v) is 5.76. The summed E-state index contributed by atoms with van der Waals surface area (Å²) in [6, 6.07) is 7.60. The lowest BCUT2D eigenvalue weighted by Crippen LogP contribution is -2.03. The number of thiophene rings is 1. The molecule has 136 valence electrons. The van der Waals surface area contributed by atoms with E-state index in [9.17, 15) is 13.6 Å². The van der Waals surface area contributed by atoms with Crippen molar-refractivity contribution >= 4 is 17.3 Å². The zero-order valence-corrected chi connectivity index (χ0v) is 14.2. The van der Waals surface area contributed by atoms with Crippen molar-refractivity contribution in [1.82, 2.24) is 10.1 Å². The third-order valence-electron chi connectivity index (χ3n) is 3.16. The van der Waals surface area contributed by atoms with Gasteiger partial charge in [-0.15, -0.1) is 11.3 Å². The van der Waals surface area contributed by atoms with E-state index in [1.165, 1.54) is 36.6 Å². The molecule has 0 N–H and O–H groups in total. The number of carbonyl (C=O) groups is 1. The van der Waals surface area contributed by atoms with Crippen molar-refractivity contribution in [3.63, 3.8) is 0 Å². The molecular formula is C16H12F2N2O5S. The summed E-state index contributed by atoms with van der Waals surface area (Å²) in [4.78, 5) is 16.3. The topological polar surface area (TPSA) is 83.7 Å². The molecule has 1 aromatic carbocycles. The summed E-state index contributed by atoms with van der Waals surface area (Å²) in [5.74, 6) is -0.223. The van der Waals surface area contributed by atoms with Crippen LogP contribution < -0.4 is 9.47 Å². The number of hydrogen-bond acceptors (Lipinski definition) is 8. The lowest BCUT2D eigenvalue weighted by molar-refractivity contribution is -0.0512. The molecule has 0 aliphatic carbocycles. The van der Waals surface area contributed by atoms with E-state index in [4.69, 9.17) is 14.0 Å². The second kappa shape index (κ2) is 7.91. The van der Waals surface area contributed by atoms with E-state index in [1.807, 2.05) is 0 Å². The van der Waals surface area contributed by atoms with Crippen molar-refractivity contribution in [1.29, 1.82) is 0 Å². The molecule has 2 heterocycles. The van der Waals surface area contributed by atoms with Gasteiger partial charge in [-0.2, -0.15) is 13.8 Å². The molecule has 0 atom stereocenters. The van der Waals surface area contributed by atoms with Gasteiger partial charge in [0.05, 0.1) is 7.11 Å². The molecule has 0 saturated carbocycles. The molecule has 0 amide bonds. The van der Waals surface area contributed by atoms with Gasteiger partial charge in [0.25, 0.3) is 5.89 Å². The predicted molar refractivity (Wildman–Crippen MR) is 86.4 cm³/mol. The van der Waals surface area contributed by atoms with Crippen molar-refractivity contribution in [2.45, 2.75) is 13.2 Å². The highest BCUT2D eigenvalue weighted by Gasteiger charge is 2.16. The third kappa shape index (κ3) is 4.14. The van der Waals surface area contributed by atoms with Gasteiger partial charge in [-0.05, 0) is 29.6 Å². The number of nitrogens with zero attached hydrogens (tertiary/aromatic N) is 2. The minimum Gasteiger partial charge on any atom is -0.493 e. The fourth-order valence-corrected chi connectivity index (χ4v) is 2.64. The lowest BCUT2D eigenvalue weighted by Gasteiger charge is -2.10. The van der Waals surface area contributed by atoms with Crippen LogP contribution in [0.3, 0.4) is 0 Å². The Morgan fingerprint density at radius 2 is 2.15 bits per heavy atom. The predicted octanol–water partition coefficient (Wildman–Crippen LogP) is 3.77. The standard InChI is InChI=1S/C16H12F2N2O5S/c1-22-11-7-9(4-5-10(11)24-16(17)18)14-19-13(25-20-14)8-23-15(21)12-3-2-6-26-12/h2-7,16H,8H2,1H3. The van der Waals surface area contributed by atoms with Gasteiger partial charge in [0.15, 0.2) is 18.1 Å². The van der Waals surface area contributed by atoms with Crippen LogP contribution in [0.4, 0.5) is 8.78 Å². The quantitative estimate of drug-likeness (QED) is 0.575. The van der Waals surface area contributed by atoms with E-state index in [0.717, 1.165) is 0 Å². The smallest absolute Gasteiger partial charge is 0.387 e. The molecule has 26 heavy (non-hydrogen) atoms. The Balaban J connectivity index is 1.70. The van der Waals surface area contributed by atoms with Crippen LogP contribution in [0.5, 0.6) is 11.5 Å². The van der Waals surface area contributed by atoms with Crippen LogP contribution in [0.15, 0.2) is 40.2 Å². The van der Waals surface area contributed by atoms with Crippen LogP contribution in [-0.4, -0.2) is 29.8 Å². The van der Waals surface area contributed by atoms with E-state index in [-0.39, 0.29) is 29.8 Å². The molecule has 0 saturated heterocycles. The maximum Gasteiger partial charge on any atom is 0.387 e. The summed E-state index contributed by atoms with van der Waals surface area (Å²) >= 11 is 1.26. The van der Waals surface area contributed by atoms with Gasteiger partial charge in [-0.3, -0.25) is 0 Å². The SMILES string of the molecule is COc1cc(-c2noc(COC(=O)c3cccs3)n2)ccc1OC(F)F. The number of ether oxygens (including phenoxy) is 3. The highest BCUT2D eigenvalue weighted by Crippen LogP contribution is 2.32. The summed E-state index contributed by atoms with van der Waals surface area (Å²) in [5.41, 5.74) is 0.461. The lowest BCUT2D eigenvalue weighted by atomic mass is 10.2. The first-order valence-corrected chi connectivity index (χ1v) is 8.11. The highest BCUT2D eigenvalue weighted by atomic mass is 32.1. The van der Waals surface area contributed by atoms with Gasteiger partial charge in [-0.1, -0.05) is 11.2 Å². The van der Waals surface area contributed by atoms with Crippen molar-refractivity contribution < 1.29 is 32.3 Å². The minimum absolute atomic E-state index is 0.0942. The van der Waals surface area contributed by atoms with E-state index in [2.05, 4.69) is 14.9 Å². The Bertz CT molecular complexity index is 883. The molecule has 10 heteroatoms. The Morgan fingerprint density at radius 1 is 1.31 bits per heavy atom. The molecule has 3 aromatic rings. The maximum atomic E-state index is 12.4. The van der Waals surface area contributed by atoms with Crippen LogP contribution in [0.1, 0.15) is 15.6 Å². The van der Waals surface area contributed by atoms with Crippen molar-refractivity contribution in [3.05, 3.63) is 46.5 Å². The van der Waals surface area contributed by atoms with Crippen LogP contribution in [0.25, 0.3) is 11.4 Å². The number of hydrogen-bond donors (Lipinski definition) is 0. The van der Waals surface area contributed by atoms with E-state index in [1.54, 1.807) is 17.5 Å². The van der Waals surface area contributed by atoms with Crippen molar-refractivity contribution in [3.8, 4) is 22.9 Å². The highest BCUT2D eigenvalue weighted by molar-refractivity contribution is 7.11. The molecule has 0 radical (unpaired) electrons. The molecule has 0 aliphatic heterocycles. The first kappa shape index (κ1) is 17.8. The van der Waals surface area contributed by atoms with Crippen LogP contribution >= 0.6 is 11.3 Å². The normalized spacial score (nSPS) is 10.8. The average molecular weight is 382 g/mol. The van der Waals surface area contributed by atoms with Gasteiger partial charge in [0, 0.05) is 5.56 Å². The number of benzene rings is 1. The van der Waals surface area contributed by atoms with Crippen molar-refractivity contribution in [2.75, 3.05) is 7.11 Å². The average Bonchev–Trinajstić information content (AvgIpc) is 3.31. The number of rotatable bonds is 7. The molecule has 2 aromatic heterocycles. The maximum absolute atomic E-state index is 12.4. The number of esters is 1. The Labute approximate surface area is 150 Å². The second-order valence-electron chi connectivity index (χ2n) is 4.81. The van der Waals surface area contributed by atoms with Gasteiger partial charge >= 0.3 is 12.6 Å². The number of carbonyl (C=O) groups excluding carboxylic acids is 1. The van der Waals surface area contributed by atoms with E-state index in [0.29, 0.717) is 10.4 Å². The Morgan fingerprint density at radius 3 is 2.85 bits per heavy atom. The zero-order chi connectivity index (χ0) is 18.5. The summed E-state index contributed by atoms with van der Waals surface area (Å²) in [6.07, 6.45) is 0. The number of methoxy groups -OCH3 is 1. The summed E-state index contributed by atoms with van der Waals surface area (Å²) in [5, 5.41) is 5.53. The van der Waals surface area contributed by atoms with Crippen LogP contribution in [0, 0.1) is 0 Å². The summed E-state index contributed by atoms with van der Waals surface area (Å²) in [7, 11) is 1.32. The molecule has 0 aliphatic rings. The summed E-state index contributed by atoms with van der Waals surface area (Å²) < 4.78 is 44.2. The fourth-order valence-electron chi connectivity index (χ4n) is 2.02. The molecule has 0 unspecified atom stereocenters. The Kier molecular flexibility index (Phi) is 5.42. The molecule has 3 rings (SSSR count). The van der Waals surface area contributed by atoms with Gasteiger partial charge in [-0.25, -0.2) is 4.79 Å². The Hall–Kier alpha value is -3.01. The zero-order valence-electron chi connectivity index (χ0n) is 13.3. The number of aromatic nitrogens is 2. The molecule has 0 fully saturated rings. The minimum atomic E-state index is -2.97. The third-order valence-corrected chi connectivity index (χ3v) is 4.00. The monoisotopic (exact) mass is 382 g/mol. The van der Waals surface area contributed by atoms with Crippen LogP contribution in [0.2, 0.25) is 0 Å². The summed E-state index contributed by atoms with van der Waals surface area (Å²) in [6.45, 7) is -3.16. The molecular weight excluding hydrogens is 370 g/mol.